The van der Waals surface area contributed by atoms with Crippen molar-refractivity contribution in [1.82, 2.24) is 0 Å². The Morgan fingerprint density at radius 2 is 2.33 bits per heavy atom. The Morgan fingerprint density at radius 1 is 1.58 bits per heavy atom. The highest BCUT2D eigenvalue weighted by Gasteiger charge is 2.17. The van der Waals surface area contributed by atoms with Crippen molar-refractivity contribution in [3.63, 3.8) is 0 Å². The lowest BCUT2D eigenvalue weighted by molar-refractivity contribution is -0.135. The molecule has 0 aromatic heterocycles. The maximum absolute atomic E-state index is 10.9. The van der Waals surface area contributed by atoms with E-state index in [1.807, 2.05) is 19.9 Å². The maximum atomic E-state index is 10.9. The Morgan fingerprint density at radius 3 is 2.83 bits per heavy atom. The van der Waals surface area contributed by atoms with Gasteiger partial charge in [-0.2, -0.15) is 0 Å². The van der Waals surface area contributed by atoms with Gasteiger partial charge in [-0.1, -0.05) is 17.7 Å². The molecule has 0 aromatic rings. The molecule has 1 heterocycles. The number of ether oxygens (including phenoxy) is 1. The van der Waals surface area contributed by atoms with Crippen LogP contribution in [0.15, 0.2) is 23.3 Å². The number of carbonyl (C=O) groups is 1. The van der Waals surface area contributed by atoms with E-state index < -0.39 is 0 Å². The lowest BCUT2D eigenvalue weighted by atomic mass is 10.1. The predicted octanol–water partition coefficient (Wildman–Crippen LogP) is 2.22. The molecular formula is C10H14O2. The van der Waals surface area contributed by atoms with E-state index in [1.54, 1.807) is 0 Å². The largest absolute Gasteiger partial charge is 0.462 e. The second-order valence-corrected chi connectivity index (χ2v) is 3.13. The van der Waals surface area contributed by atoms with Crippen LogP contribution in [0, 0.1) is 0 Å². The normalized spacial score (nSPS) is 19.5. The Hall–Kier alpha value is -1.05. The van der Waals surface area contributed by atoms with Crippen molar-refractivity contribution >= 4 is 5.97 Å². The van der Waals surface area contributed by atoms with E-state index in [2.05, 4.69) is 6.08 Å². The molecule has 1 aliphatic heterocycles. The summed E-state index contributed by atoms with van der Waals surface area (Å²) in [4.78, 5) is 10.9. The smallest absolute Gasteiger partial charge is 0.333 e. The molecule has 0 aliphatic carbocycles. The van der Waals surface area contributed by atoms with Crippen molar-refractivity contribution in [2.45, 2.75) is 26.7 Å². The van der Waals surface area contributed by atoms with Crippen LogP contribution in [0.3, 0.4) is 0 Å². The van der Waals surface area contributed by atoms with E-state index in [0.717, 1.165) is 18.4 Å². The highest BCUT2D eigenvalue weighted by molar-refractivity contribution is 5.90. The number of hydrogen-bond donors (Lipinski definition) is 0. The quantitative estimate of drug-likeness (QED) is 0.357. The van der Waals surface area contributed by atoms with Crippen molar-refractivity contribution in [2.24, 2.45) is 0 Å². The molecule has 1 fully saturated rings. The summed E-state index contributed by atoms with van der Waals surface area (Å²) in [5.41, 5.74) is 2.10. The van der Waals surface area contributed by atoms with Crippen LogP contribution in [0.5, 0.6) is 0 Å². The van der Waals surface area contributed by atoms with Gasteiger partial charge < -0.3 is 4.74 Å². The third-order valence-corrected chi connectivity index (χ3v) is 1.76. The highest BCUT2D eigenvalue weighted by Crippen LogP contribution is 2.13. The molecule has 0 saturated carbocycles. The molecule has 1 aliphatic rings. The van der Waals surface area contributed by atoms with Crippen molar-refractivity contribution < 1.29 is 9.53 Å². The fraction of sp³-hybridized carbons (Fsp3) is 0.500. The van der Waals surface area contributed by atoms with Crippen LogP contribution < -0.4 is 0 Å². The average Bonchev–Trinajstić information content (AvgIpc) is 2.36. The van der Waals surface area contributed by atoms with Crippen molar-refractivity contribution in [1.29, 1.82) is 0 Å². The summed E-state index contributed by atoms with van der Waals surface area (Å²) in [7, 11) is 0. The monoisotopic (exact) mass is 166 g/mol. The first-order valence-electron chi connectivity index (χ1n) is 4.19. The van der Waals surface area contributed by atoms with Crippen LogP contribution in [0.25, 0.3) is 0 Å². The zero-order valence-corrected chi connectivity index (χ0v) is 7.59. The number of esters is 1. The second-order valence-electron chi connectivity index (χ2n) is 3.13. The van der Waals surface area contributed by atoms with Gasteiger partial charge in [0.1, 0.15) is 0 Å². The molecule has 0 spiro atoms. The standard InChI is InChI=1S/C10H14O2/c1-8(2)4-3-5-9-6-7-12-10(9)11/h4-5H,3,6-7H2,1-2H3. The SMILES string of the molecule is CC(C)=CCC=C1CCOC1=O. The highest BCUT2D eigenvalue weighted by atomic mass is 16.5. The number of carbonyl (C=O) groups excluding carboxylic acids is 1. The van der Waals surface area contributed by atoms with Crippen LogP contribution in [-0.4, -0.2) is 12.6 Å². The van der Waals surface area contributed by atoms with E-state index in [9.17, 15) is 4.79 Å². The van der Waals surface area contributed by atoms with Gasteiger partial charge in [0.05, 0.1) is 6.61 Å². The van der Waals surface area contributed by atoms with E-state index in [-0.39, 0.29) is 5.97 Å². The van der Waals surface area contributed by atoms with Gasteiger partial charge in [0, 0.05) is 12.0 Å². The Kier molecular flexibility index (Phi) is 3.09. The number of cyclic esters (lactones) is 1. The van der Waals surface area contributed by atoms with Crippen LogP contribution in [0.1, 0.15) is 26.7 Å². The molecule has 1 rings (SSSR count). The minimum Gasteiger partial charge on any atom is -0.462 e. The zero-order valence-electron chi connectivity index (χ0n) is 7.59. The van der Waals surface area contributed by atoms with Crippen molar-refractivity contribution in [3.05, 3.63) is 23.3 Å². The average molecular weight is 166 g/mol. The molecule has 12 heavy (non-hydrogen) atoms. The molecule has 2 heteroatoms. The fourth-order valence-corrected chi connectivity index (χ4v) is 1.07. The summed E-state index contributed by atoms with van der Waals surface area (Å²) in [5.74, 6) is -0.142. The van der Waals surface area contributed by atoms with Crippen LogP contribution >= 0.6 is 0 Å². The molecule has 0 radical (unpaired) electrons. The van der Waals surface area contributed by atoms with Gasteiger partial charge in [0.15, 0.2) is 0 Å². The molecule has 0 aromatic carbocycles. The van der Waals surface area contributed by atoms with E-state index in [1.165, 1.54) is 5.57 Å². The minimum absolute atomic E-state index is 0.142. The molecule has 2 nitrogen and oxygen atoms in total. The van der Waals surface area contributed by atoms with Gasteiger partial charge in [-0.05, 0) is 20.3 Å². The van der Waals surface area contributed by atoms with Gasteiger partial charge in [-0.3, -0.25) is 0 Å². The summed E-state index contributed by atoms with van der Waals surface area (Å²) in [6.45, 7) is 4.65. The van der Waals surface area contributed by atoms with Crippen LogP contribution in [0.4, 0.5) is 0 Å². The summed E-state index contributed by atoms with van der Waals surface area (Å²) < 4.78 is 4.80. The number of allylic oxidation sites excluding steroid dienone is 3. The van der Waals surface area contributed by atoms with Gasteiger partial charge in [0.2, 0.25) is 0 Å². The first-order chi connectivity index (χ1) is 5.70. The molecule has 0 atom stereocenters. The summed E-state index contributed by atoms with van der Waals surface area (Å²) in [5, 5.41) is 0. The van der Waals surface area contributed by atoms with Crippen LogP contribution in [-0.2, 0) is 9.53 Å². The molecule has 0 unspecified atom stereocenters. The summed E-state index contributed by atoms with van der Waals surface area (Å²) >= 11 is 0. The second kappa shape index (κ2) is 4.10. The number of rotatable bonds is 2. The Balaban J connectivity index is 2.46. The van der Waals surface area contributed by atoms with Crippen molar-refractivity contribution in [2.75, 3.05) is 6.61 Å². The van der Waals surface area contributed by atoms with Gasteiger partial charge >= 0.3 is 5.97 Å². The number of hydrogen-bond acceptors (Lipinski definition) is 2. The molecular weight excluding hydrogens is 152 g/mol. The Labute approximate surface area is 72.9 Å². The lowest BCUT2D eigenvalue weighted by Gasteiger charge is -1.90. The van der Waals surface area contributed by atoms with Crippen molar-refractivity contribution in [3.8, 4) is 0 Å². The molecule has 0 amide bonds. The van der Waals surface area contributed by atoms with Gasteiger partial charge in [-0.15, -0.1) is 0 Å². The minimum atomic E-state index is -0.142. The van der Waals surface area contributed by atoms with E-state index in [4.69, 9.17) is 4.74 Å². The molecule has 1 saturated heterocycles. The predicted molar refractivity (Wildman–Crippen MR) is 47.7 cm³/mol. The van der Waals surface area contributed by atoms with Gasteiger partial charge in [0.25, 0.3) is 0 Å². The first-order valence-corrected chi connectivity index (χ1v) is 4.19. The fourth-order valence-electron chi connectivity index (χ4n) is 1.07. The molecule has 66 valence electrons. The van der Waals surface area contributed by atoms with E-state index in [0.29, 0.717) is 6.61 Å². The Bertz CT molecular complexity index is 232. The van der Waals surface area contributed by atoms with Crippen LogP contribution in [0.2, 0.25) is 0 Å². The third-order valence-electron chi connectivity index (χ3n) is 1.76. The maximum Gasteiger partial charge on any atom is 0.333 e. The first kappa shape index (κ1) is 9.04. The topological polar surface area (TPSA) is 26.3 Å². The lowest BCUT2D eigenvalue weighted by Crippen LogP contribution is -1.93. The molecule has 0 bridgehead atoms. The molecule has 0 N–H and O–H groups in total. The van der Waals surface area contributed by atoms with Gasteiger partial charge in [-0.25, -0.2) is 4.79 Å². The summed E-state index contributed by atoms with van der Waals surface area (Å²) in [6, 6.07) is 0. The zero-order chi connectivity index (χ0) is 8.97. The third kappa shape index (κ3) is 2.53. The van der Waals surface area contributed by atoms with E-state index >= 15 is 0 Å². The summed E-state index contributed by atoms with van der Waals surface area (Å²) in [6.07, 6.45) is 5.66.